The number of para-hydroxylation sites is 1. The third kappa shape index (κ3) is 3.19. The molecule has 6 heteroatoms. The van der Waals surface area contributed by atoms with Crippen molar-refractivity contribution in [2.75, 3.05) is 17.7 Å². The Bertz CT molecular complexity index is 662. The SMILES string of the molecule is CNc1c(F)cccc1C(=O)Nc1ccc(Br)cc1Br. The Hall–Kier alpha value is -1.40. The standard InChI is InChI=1S/C14H11Br2FN2O/c1-18-13-9(3-2-4-11(13)17)14(20)19-12-6-5-8(15)7-10(12)16/h2-7,18H,1H3,(H,19,20). The van der Waals surface area contributed by atoms with Gasteiger partial charge in [0.05, 0.1) is 16.9 Å². The monoisotopic (exact) mass is 400 g/mol. The summed E-state index contributed by atoms with van der Waals surface area (Å²) in [4.78, 5) is 12.2. The lowest BCUT2D eigenvalue weighted by Crippen LogP contribution is -2.15. The van der Waals surface area contributed by atoms with Crippen LogP contribution in [-0.2, 0) is 0 Å². The summed E-state index contributed by atoms with van der Waals surface area (Å²) >= 11 is 6.70. The minimum absolute atomic E-state index is 0.179. The Morgan fingerprint density at radius 2 is 1.95 bits per heavy atom. The molecule has 0 fully saturated rings. The highest BCUT2D eigenvalue weighted by Gasteiger charge is 2.15. The van der Waals surface area contributed by atoms with Crippen LogP contribution in [-0.4, -0.2) is 13.0 Å². The second kappa shape index (κ2) is 6.37. The first-order chi connectivity index (χ1) is 9.52. The van der Waals surface area contributed by atoms with Crippen molar-refractivity contribution in [1.29, 1.82) is 0 Å². The summed E-state index contributed by atoms with van der Waals surface area (Å²) in [6.45, 7) is 0. The van der Waals surface area contributed by atoms with Crippen molar-refractivity contribution in [3.05, 3.63) is 56.7 Å². The highest BCUT2D eigenvalue weighted by atomic mass is 79.9. The van der Waals surface area contributed by atoms with Gasteiger partial charge in [-0.05, 0) is 46.3 Å². The van der Waals surface area contributed by atoms with Crippen molar-refractivity contribution >= 4 is 49.1 Å². The van der Waals surface area contributed by atoms with Crippen LogP contribution in [0.25, 0.3) is 0 Å². The predicted molar refractivity (Wildman–Crippen MR) is 85.7 cm³/mol. The van der Waals surface area contributed by atoms with Gasteiger partial charge in [-0.25, -0.2) is 4.39 Å². The van der Waals surface area contributed by atoms with Crippen molar-refractivity contribution in [2.45, 2.75) is 0 Å². The number of hydrogen-bond acceptors (Lipinski definition) is 2. The number of amides is 1. The first kappa shape index (κ1) is 15.0. The number of benzene rings is 2. The zero-order valence-electron chi connectivity index (χ0n) is 10.5. The summed E-state index contributed by atoms with van der Waals surface area (Å²) < 4.78 is 15.3. The van der Waals surface area contributed by atoms with Crippen LogP contribution in [0.15, 0.2) is 45.3 Å². The molecule has 0 aliphatic carbocycles. The summed E-state index contributed by atoms with van der Waals surface area (Å²) in [6, 6.07) is 9.76. The van der Waals surface area contributed by atoms with E-state index in [2.05, 4.69) is 42.5 Å². The maximum absolute atomic E-state index is 13.6. The molecule has 0 aromatic heterocycles. The summed E-state index contributed by atoms with van der Waals surface area (Å²) in [5, 5.41) is 5.44. The zero-order valence-corrected chi connectivity index (χ0v) is 13.7. The van der Waals surface area contributed by atoms with Gasteiger partial charge in [0.25, 0.3) is 5.91 Å². The Kier molecular flexibility index (Phi) is 4.77. The fraction of sp³-hybridized carbons (Fsp3) is 0.0714. The number of hydrogen-bond donors (Lipinski definition) is 2. The number of carbonyl (C=O) groups excluding carboxylic acids is 1. The van der Waals surface area contributed by atoms with E-state index in [9.17, 15) is 9.18 Å². The van der Waals surface area contributed by atoms with E-state index in [0.29, 0.717) is 5.69 Å². The van der Waals surface area contributed by atoms with Gasteiger partial charge in [0, 0.05) is 16.0 Å². The molecular formula is C14H11Br2FN2O. The van der Waals surface area contributed by atoms with Crippen LogP contribution in [0.2, 0.25) is 0 Å². The van der Waals surface area contributed by atoms with Crippen molar-refractivity contribution in [2.24, 2.45) is 0 Å². The Labute approximate surface area is 132 Å². The van der Waals surface area contributed by atoms with E-state index in [-0.39, 0.29) is 17.2 Å². The van der Waals surface area contributed by atoms with Gasteiger partial charge < -0.3 is 10.6 Å². The molecule has 2 aromatic rings. The second-order valence-corrected chi connectivity index (χ2v) is 5.76. The fourth-order valence-corrected chi connectivity index (χ4v) is 2.89. The predicted octanol–water partition coefficient (Wildman–Crippen LogP) is 4.64. The molecular weight excluding hydrogens is 391 g/mol. The average molecular weight is 402 g/mol. The van der Waals surface area contributed by atoms with Crippen molar-refractivity contribution < 1.29 is 9.18 Å². The van der Waals surface area contributed by atoms with E-state index in [1.165, 1.54) is 12.1 Å². The molecule has 0 aliphatic heterocycles. The molecule has 0 saturated carbocycles. The average Bonchev–Trinajstić information content (AvgIpc) is 2.41. The van der Waals surface area contributed by atoms with E-state index < -0.39 is 5.82 Å². The van der Waals surface area contributed by atoms with Crippen LogP contribution in [0, 0.1) is 5.82 Å². The van der Waals surface area contributed by atoms with Gasteiger partial charge in [0.15, 0.2) is 0 Å². The summed E-state index contributed by atoms with van der Waals surface area (Å²) in [7, 11) is 1.57. The van der Waals surface area contributed by atoms with E-state index >= 15 is 0 Å². The van der Waals surface area contributed by atoms with Crippen LogP contribution >= 0.6 is 31.9 Å². The lowest BCUT2D eigenvalue weighted by atomic mass is 10.1. The van der Waals surface area contributed by atoms with Crippen molar-refractivity contribution in [3.8, 4) is 0 Å². The highest BCUT2D eigenvalue weighted by Crippen LogP contribution is 2.27. The maximum atomic E-state index is 13.6. The minimum atomic E-state index is -0.463. The van der Waals surface area contributed by atoms with Crippen molar-refractivity contribution in [3.63, 3.8) is 0 Å². The van der Waals surface area contributed by atoms with Crippen LogP contribution in [0.1, 0.15) is 10.4 Å². The van der Waals surface area contributed by atoms with Gasteiger partial charge >= 0.3 is 0 Å². The van der Waals surface area contributed by atoms with Gasteiger partial charge in [0.1, 0.15) is 5.82 Å². The molecule has 2 N–H and O–H groups in total. The number of anilines is 2. The normalized spacial score (nSPS) is 10.2. The maximum Gasteiger partial charge on any atom is 0.257 e. The first-order valence-electron chi connectivity index (χ1n) is 5.75. The minimum Gasteiger partial charge on any atom is -0.385 e. The molecule has 0 aliphatic rings. The molecule has 0 unspecified atom stereocenters. The lowest BCUT2D eigenvalue weighted by molar-refractivity contribution is 0.102. The number of carbonyl (C=O) groups is 1. The van der Waals surface area contributed by atoms with E-state index in [4.69, 9.17) is 0 Å². The molecule has 0 saturated heterocycles. The number of halogens is 3. The molecule has 2 aromatic carbocycles. The summed E-state index contributed by atoms with van der Waals surface area (Å²) in [5.41, 5.74) is 1.05. The Balaban J connectivity index is 2.31. The Morgan fingerprint density at radius 3 is 2.60 bits per heavy atom. The molecule has 0 radical (unpaired) electrons. The van der Waals surface area contributed by atoms with Gasteiger partial charge in [-0.15, -0.1) is 0 Å². The van der Waals surface area contributed by atoms with E-state index in [1.807, 2.05) is 12.1 Å². The molecule has 0 spiro atoms. The summed E-state index contributed by atoms with van der Waals surface area (Å²) in [6.07, 6.45) is 0. The second-order valence-electron chi connectivity index (χ2n) is 3.99. The molecule has 1 amide bonds. The number of nitrogens with one attached hydrogen (secondary N) is 2. The van der Waals surface area contributed by atoms with Gasteiger partial charge in [-0.3, -0.25) is 4.79 Å². The van der Waals surface area contributed by atoms with E-state index in [0.717, 1.165) is 8.95 Å². The van der Waals surface area contributed by atoms with Gasteiger partial charge in [-0.2, -0.15) is 0 Å². The molecule has 0 bridgehead atoms. The zero-order chi connectivity index (χ0) is 14.7. The van der Waals surface area contributed by atoms with Gasteiger partial charge in [0.2, 0.25) is 0 Å². The quantitative estimate of drug-likeness (QED) is 0.786. The van der Waals surface area contributed by atoms with Crippen molar-refractivity contribution in [1.82, 2.24) is 0 Å². The molecule has 0 heterocycles. The molecule has 104 valence electrons. The van der Waals surface area contributed by atoms with Gasteiger partial charge in [-0.1, -0.05) is 22.0 Å². The van der Waals surface area contributed by atoms with E-state index in [1.54, 1.807) is 19.2 Å². The highest BCUT2D eigenvalue weighted by molar-refractivity contribution is 9.11. The molecule has 3 nitrogen and oxygen atoms in total. The molecule has 2 rings (SSSR count). The first-order valence-corrected chi connectivity index (χ1v) is 7.34. The third-order valence-electron chi connectivity index (χ3n) is 2.69. The molecule has 0 atom stereocenters. The Morgan fingerprint density at radius 1 is 1.20 bits per heavy atom. The van der Waals surface area contributed by atoms with Crippen LogP contribution < -0.4 is 10.6 Å². The summed E-state index contributed by atoms with van der Waals surface area (Å²) in [5.74, 6) is -0.841. The fourth-order valence-electron chi connectivity index (χ4n) is 1.75. The lowest BCUT2D eigenvalue weighted by Gasteiger charge is -2.11. The molecule has 20 heavy (non-hydrogen) atoms. The third-order valence-corrected chi connectivity index (χ3v) is 3.84. The largest absolute Gasteiger partial charge is 0.385 e. The smallest absolute Gasteiger partial charge is 0.257 e. The van der Waals surface area contributed by atoms with Crippen LogP contribution in [0.4, 0.5) is 15.8 Å². The number of rotatable bonds is 3. The van der Waals surface area contributed by atoms with Crippen LogP contribution in [0.5, 0.6) is 0 Å². The van der Waals surface area contributed by atoms with Crippen LogP contribution in [0.3, 0.4) is 0 Å². The topological polar surface area (TPSA) is 41.1 Å².